The summed E-state index contributed by atoms with van der Waals surface area (Å²) in [6, 6.07) is 7.75. The van der Waals surface area contributed by atoms with Crippen molar-refractivity contribution < 1.29 is 17.6 Å². The number of halogens is 1. The lowest BCUT2D eigenvalue weighted by Gasteiger charge is -2.38. The SMILES string of the molecule is CS(=O)(=O)N1CCN(CC(=O)N2CCN([C@H](C#N)c3ccc(F)cc3)CC2)CC1. The molecule has 3 rings (SSSR count). The van der Waals surface area contributed by atoms with E-state index in [1.54, 1.807) is 17.0 Å². The number of nitrogens with zero attached hydrogens (tertiary/aromatic N) is 5. The van der Waals surface area contributed by atoms with Crippen molar-refractivity contribution >= 4 is 15.9 Å². The number of nitriles is 1. The molecule has 0 N–H and O–H groups in total. The average molecular weight is 424 g/mol. The van der Waals surface area contributed by atoms with Gasteiger partial charge >= 0.3 is 0 Å². The highest BCUT2D eigenvalue weighted by atomic mass is 32.2. The summed E-state index contributed by atoms with van der Waals surface area (Å²) in [5.74, 6) is -0.314. The Morgan fingerprint density at radius 2 is 1.66 bits per heavy atom. The second-order valence-corrected chi connectivity index (χ2v) is 9.42. The fourth-order valence-corrected chi connectivity index (χ4v) is 4.58. The van der Waals surface area contributed by atoms with Gasteiger partial charge in [-0.05, 0) is 17.7 Å². The fourth-order valence-electron chi connectivity index (χ4n) is 3.75. The first-order valence-electron chi connectivity index (χ1n) is 9.62. The minimum atomic E-state index is -3.18. The number of sulfonamides is 1. The summed E-state index contributed by atoms with van der Waals surface area (Å²) in [7, 11) is -3.18. The van der Waals surface area contributed by atoms with Crippen LogP contribution in [0.4, 0.5) is 4.39 Å². The minimum absolute atomic E-state index is 0.0211. The van der Waals surface area contributed by atoms with Crippen LogP contribution in [0.15, 0.2) is 24.3 Å². The first kappa shape index (κ1) is 21.6. The molecule has 2 fully saturated rings. The van der Waals surface area contributed by atoms with Crippen molar-refractivity contribution in [2.75, 3.05) is 65.2 Å². The molecule has 10 heteroatoms. The molecule has 2 aliphatic heterocycles. The smallest absolute Gasteiger partial charge is 0.236 e. The van der Waals surface area contributed by atoms with Crippen LogP contribution in [0.2, 0.25) is 0 Å². The molecule has 1 aromatic rings. The minimum Gasteiger partial charge on any atom is -0.339 e. The van der Waals surface area contributed by atoms with Gasteiger partial charge in [0.1, 0.15) is 11.9 Å². The Morgan fingerprint density at radius 1 is 1.07 bits per heavy atom. The second kappa shape index (κ2) is 9.17. The maximum absolute atomic E-state index is 13.1. The zero-order valence-corrected chi connectivity index (χ0v) is 17.3. The summed E-state index contributed by atoms with van der Waals surface area (Å²) in [4.78, 5) is 18.4. The lowest BCUT2D eigenvalue weighted by atomic mass is 10.1. The Labute approximate surface area is 171 Å². The highest BCUT2D eigenvalue weighted by Gasteiger charge is 2.29. The molecule has 0 spiro atoms. The second-order valence-electron chi connectivity index (χ2n) is 7.44. The largest absolute Gasteiger partial charge is 0.339 e. The molecule has 0 aliphatic carbocycles. The van der Waals surface area contributed by atoms with Crippen molar-refractivity contribution in [1.82, 2.24) is 19.0 Å². The number of hydrogen-bond donors (Lipinski definition) is 0. The van der Waals surface area contributed by atoms with E-state index in [4.69, 9.17) is 0 Å². The summed E-state index contributed by atoms with van der Waals surface area (Å²) < 4.78 is 37.7. The van der Waals surface area contributed by atoms with E-state index in [0.29, 0.717) is 52.4 Å². The Morgan fingerprint density at radius 3 is 2.17 bits per heavy atom. The molecule has 8 nitrogen and oxygen atoms in total. The first-order valence-corrected chi connectivity index (χ1v) is 11.5. The standard InChI is InChI=1S/C19H26FN5O3S/c1-29(27,28)25-12-6-22(7-13-25)15-19(26)24-10-8-23(9-11-24)18(14-21)16-2-4-17(20)5-3-16/h2-5,18H,6-13,15H2,1H3/t18-/m1/s1. The van der Waals surface area contributed by atoms with Crippen LogP contribution >= 0.6 is 0 Å². The fraction of sp³-hybridized carbons (Fsp3) is 0.579. The molecule has 1 aromatic carbocycles. The van der Waals surface area contributed by atoms with E-state index in [1.165, 1.54) is 22.7 Å². The molecule has 2 aliphatic rings. The molecule has 1 amide bonds. The number of hydrogen-bond acceptors (Lipinski definition) is 6. The summed E-state index contributed by atoms with van der Waals surface area (Å²) in [5.41, 5.74) is 0.748. The number of rotatable bonds is 5. The normalized spacial score (nSPS) is 20.9. The van der Waals surface area contributed by atoms with Crippen LogP contribution in [0.1, 0.15) is 11.6 Å². The van der Waals surface area contributed by atoms with E-state index in [2.05, 4.69) is 6.07 Å². The van der Waals surface area contributed by atoms with E-state index in [0.717, 1.165) is 5.56 Å². The quantitative estimate of drug-likeness (QED) is 0.668. The Hall–Kier alpha value is -2.06. The molecule has 0 radical (unpaired) electrons. The third kappa shape index (κ3) is 5.51. The summed E-state index contributed by atoms with van der Waals surface area (Å²) >= 11 is 0. The van der Waals surface area contributed by atoms with Gasteiger partial charge in [-0.1, -0.05) is 12.1 Å². The van der Waals surface area contributed by atoms with Crippen LogP contribution in [0, 0.1) is 17.1 Å². The van der Waals surface area contributed by atoms with Crippen LogP contribution in [0.25, 0.3) is 0 Å². The number of amides is 1. The molecule has 2 saturated heterocycles. The number of carbonyl (C=O) groups is 1. The van der Waals surface area contributed by atoms with Crippen LogP contribution in [-0.4, -0.2) is 98.5 Å². The lowest BCUT2D eigenvalue weighted by molar-refractivity contribution is -0.134. The molecule has 0 unspecified atom stereocenters. The summed E-state index contributed by atoms with van der Waals surface area (Å²) in [5, 5.41) is 9.55. The Bertz CT molecular complexity index is 855. The van der Waals surface area contributed by atoms with Crippen molar-refractivity contribution in [3.63, 3.8) is 0 Å². The van der Waals surface area contributed by atoms with Gasteiger partial charge in [-0.25, -0.2) is 12.8 Å². The third-order valence-electron chi connectivity index (χ3n) is 5.50. The summed E-state index contributed by atoms with van der Waals surface area (Å²) in [6.07, 6.45) is 1.20. The van der Waals surface area contributed by atoms with Crippen molar-refractivity contribution in [2.24, 2.45) is 0 Å². The molecule has 29 heavy (non-hydrogen) atoms. The molecular formula is C19H26FN5O3S. The van der Waals surface area contributed by atoms with Gasteiger partial charge in [0.15, 0.2) is 0 Å². The van der Waals surface area contributed by atoms with Gasteiger partial charge in [0.25, 0.3) is 0 Å². The average Bonchev–Trinajstić information content (AvgIpc) is 2.70. The molecule has 2 heterocycles. The van der Waals surface area contributed by atoms with Gasteiger partial charge < -0.3 is 4.90 Å². The van der Waals surface area contributed by atoms with Crippen molar-refractivity contribution in [2.45, 2.75) is 6.04 Å². The van der Waals surface area contributed by atoms with Crippen LogP contribution in [0.5, 0.6) is 0 Å². The highest BCUT2D eigenvalue weighted by molar-refractivity contribution is 7.88. The molecule has 1 atom stereocenters. The zero-order chi connectivity index (χ0) is 21.0. The topological polar surface area (TPSA) is 88.0 Å². The Balaban J connectivity index is 1.48. The first-order chi connectivity index (χ1) is 13.8. The van der Waals surface area contributed by atoms with E-state index < -0.39 is 16.1 Å². The zero-order valence-electron chi connectivity index (χ0n) is 16.5. The number of piperazine rings is 2. The molecule has 0 aromatic heterocycles. The third-order valence-corrected chi connectivity index (χ3v) is 6.80. The van der Waals surface area contributed by atoms with Crippen molar-refractivity contribution in [1.29, 1.82) is 5.26 Å². The molecule has 0 saturated carbocycles. The van der Waals surface area contributed by atoms with Gasteiger partial charge in [-0.15, -0.1) is 0 Å². The van der Waals surface area contributed by atoms with Crippen LogP contribution in [-0.2, 0) is 14.8 Å². The van der Waals surface area contributed by atoms with Gasteiger partial charge in [0.05, 0.1) is 18.9 Å². The van der Waals surface area contributed by atoms with E-state index in [9.17, 15) is 22.9 Å². The molecule has 0 bridgehead atoms. The number of carbonyl (C=O) groups excluding carboxylic acids is 1. The lowest BCUT2D eigenvalue weighted by Crippen LogP contribution is -2.54. The summed E-state index contributed by atoms with van der Waals surface area (Å²) in [6.45, 7) is 4.37. The van der Waals surface area contributed by atoms with Crippen LogP contribution < -0.4 is 0 Å². The Kier molecular flexibility index (Phi) is 6.85. The van der Waals surface area contributed by atoms with E-state index >= 15 is 0 Å². The van der Waals surface area contributed by atoms with E-state index in [1.807, 2.05) is 9.80 Å². The maximum Gasteiger partial charge on any atom is 0.236 e. The van der Waals surface area contributed by atoms with Gasteiger partial charge in [0, 0.05) is 52.4 Å². The highest BCUT2D eigenvalue weighted by Crippen LogP contribution is 2.22. The van der Waals surface area contributed by atoms with Crippen LogP contribution in [0.3, 0.4) is 0 Å². The maximum atomic E-state index is 13.1. The molecular weight excluding hydrogens is 397 g/mol. The van der Waals surface area contributed by atoms with Crippen molar-refractivity contribution in [3.8, 4) is 6.07 Å². The predicted molar refractivity (Wildman–Crippen MR) is 106 cm³/mol. The van der Waals surface area contributed by atoms with Crippen molar-refractivity contribution in [3.05, 3.63) is 35.6 Å². The monoisotopic (exact) mass is 423 g/mol. The van der Waals surface area contributed by atoms with E-state index in [-0.39, 0.29) is 18.3 Å². The van der Waals surface area contributed by atoms with Gasteiger partial charge in [0.2, 0.25) is 15.9 Å². The number of benzene rings is 1. The van der Waals surface area contributed by atoms with Gasteiger partial charge in [-0.2, -0.15) is 9.57 Å². The van der Waals surface area contributed by atoms with Gasteiger partial charge in [-0.3, -0.25) is 14.6 Å². The predicted octanol–water partition coefficient (Wildman–Crippen LogP) is 0.112. The molecule has 158 valence electrons.